The van der Waals surface area contributed by atoms with Gasteiger partial charge >= 0.3 is 0 Å². The van der Waals surface area contributed by atoms with Gasteiger partial charge in [0.05, 0.1) is 0 Å². The molecule has 1 rings (SSSR count). The van der Waals surface area contributed by atoms with E-state index in [2.05, 4.69) is 15.9 Å². The first-order valence-electron chi connectivity index (χ1n) is 4.32. The summed E-state index contributed by atoms with van der Waals surface area (Å²) in [6.07, 6.45) is 2.80. The monoisotopic (exact) mass is 260 g/mol. The molecule has 0 N–H and O–H groups in total. The van der Waals surface area contributed by atoms with Crippen molar-refractivity contribution in [2.24, 2.45) is 0 Å². The Balaban J connectivity index is 2.95. The predicted molar refractivity (Wildman–Crippen MR) is 58.4 cm³/mol. The summed E-state index contributed by atoms with van der Waals surface area (Å²) >= 11 is 3.29. The lowest BCUT2D eigenvalue weighted by molar-refractivity contribution is 0.582. The lowest BCUT2D eigenvalue weighted by Crippen LogP contribution is -1.86. The van der Waals surface area contributed by atoms with E-state index < -0.39 is 11.6 Å². The smallest absolute Gasteiger partial charge is 0.126 e. The zero-order chi connectivity index (χ0) is 10.6. The standard InChI is InChI=1S/C11H11BrF2/c1-8(3-2-4-12)9-5-10(13)7-11(14)6-9/h3,5-7H,2,4H2,1H3/b8-3+. The number of hydrogen-bond donors (Lipinski definition) is 0. The Kier molecular flexibility index (Phi) is 4.26. The largest absolute Gasteiger partial charge is 0.207 e. The molecule has 0 nitrogen and oxygen atoms in total. The van der Waals surface area contributed by atoms with Crippen molar-refractivity contribution in [3.8, 4) is 0 Å². The first kappa shape index (κ1) is 11.4. The first-order chi connectivity index (χ1) is 6.63. The summed E-state index contributed by atoms with van der Waals surface area (Å²) in [7, 11) is 0. The Labute approximate surface area is 90.8 Å². The van der Waals surface area contributed by atoms with Crippen LogP contribution in [-0.2, 0) is 0 Å². The van der Waals surface area contributed by atoms with Gasteiger partial charge in [0.15, 0.2) is 0 Å². The molecule has 14 heavy (non-hydrogen) atoms. The van der Waals surface area contributed by atoms with E-state index in [4.69, 9.17) is 0 Å². The molecule has 1 aromatic carbocycles. The van der Waals surface area contributed by atoms with Crippen molar-refractivity contribution < 1.29 is 8.78 Å². The summed E-state index contributed by atoms with van der Waals surface area (Å²) < 4.78 is 25.7. The van der Waals surface area contributed by atoms with Crippen LogP contribution in [0.5, 0.6) is 0 Å². The third kappa shape index (κ3) is 3.22. The molecule has 0 saturated heterocycles. The molecular weight excluding hydrogens is 250 g/mol. The lowest BCUT2D eigenvalue weighted by atomic mass is 10.1. The molecule has 3 heteroatoms. The second kappa shape index (κ2) is 5.25. The van der Waals surface area contributed by atoms with E-state index in [1.165, 1.54) is 12.1 Å². The molecule has 0 unspecified atom stereocenters. The third-order valence-electron chi connectivity index (χ3n) is 1.88. The molecule has 76 valence electrons. The van der Waals surface area contributed by atoms with Crippen molar-refractivity contribution in [2.75, 3.05) is 5.33 Å². The van der Waals surface area contributed by atoms with E-state index in [1.807, 2.05) is 13.0 Å². The molecule has 1 aromatic rings. The Hall–Kier alpha value is -0.700. The SMILES string of the molecule is C/C(=C\CCBr)c1cc(F)cc(F)c1. The van der Waals surface area contributed by atoms with Gasteiger partial charge in [-0.3, -0.25) is 0 Å². The quantitative estimate of drug-likeness (QED) is 0.717. The number of hydrogen-bond acceptors (Lipinski definition) is 0. The number of allylic oxidation sites excluding steroid dienone is 2. The molecular formula is C11H11BrF2. The van der Waals surface area contributed by atoms with E-state index in [9.17, 15) is 8.78 Å². The van der Waals surface area contributed by atoms with Gasteiger partial charge in [-0.05, 0) is 36.6 Å². The number of benzene rings is 1. The minimum Gasteiger partial charge on any atom is -0.207 e. The third-order valence-corrected chi connectivity index (χ3v) is 2.34. The summed E-state index contributed by atoms with van der Waals surface area (Å²) in [5.41, 5.74) is 1.49. The van der Waals surface area contributed by atoms with Crippen LogP contribution in [0.1, 0.15) is 18.9 Å². The molecule has 0 amide bonds. The van der Waals surface area contributed by atoms with Crippen LogP contribution < -0.4 is 0 Å². The second-order valence-electron chi connectivity index (χ2n) is 3.02. The molecule has 0 aromatic heterocycles. The summed E-state index contributed by atoms with van der Waals surface area (Å²) in [6.45, 7) is 1.84. The Bertz CT molecular complexity index is 325. The molecule has 0 radical (unpaired) electrons. The van der Waals surface area contributed by atoms with Crippen LogP contribution in [0.4, 0.5) is 8.78 Å². The molecule has 0 aliphatic carbocycles. The van der Waals surface area contributed by atoms with Crippen LogP contribution in [0, 0.1) is 11.6 Å². The Morgan fingerprint density at radius 2 is 1.86 bits per heavy atom. The molecule has 0 aliphatic rings. The molecule has 0 spiro atoms. The van der Waals surface area contributed by atoms with Crippen LogP contribution >= 0.6 is 15.9 Å². The topological polar surface area (TPSA) is 0 Å². The number of halogens is 3. The van der Waals surface area contributed by atoms with Gasteiger partial charge in [-0.15, -0.1) is 0 Å². The first-order valence-corrected chi connectivity index (χ1v) is 5.45. The fourth-order valence-electron chi connectivity index (χ4n) is 1.17. The van der Waals surface area contributed by atoms with E-state index in [1.54, 1.807) is 0 Å². The van der Waals surface area contributed by atoms with E-state index >= 15 is 0 Å². The van der Waals surface area contributed by atoms with Gasteiger partial charge in [0, 0.05) is 11.4 Å². The van der Waals surface area contributed by atoms with Crippen LogP contribution in [0.3, 0.4) is 0 Å². The lowest BCUT2D eigenvalue weighted by Gasteiger charge is -2.02. The predicted octanol–water partition coefficient (Wildman–Crippen LogP) is 4.15. The Morgan fingerprint density at radius 3 is 2.36 bits per heavy atom. The van der Waals surface area contributed by atoms with Crippen LogP contribution in [0.25, 0.3) is 5.57 Å². The van der Waals surface area contributed by atoms with Crippen molar-refractivity contribution >= 4 is 21.5 Å². The summed E-state index contributed by atoms with van der Waals surface area (Å²) in [5, 5.41) is 0.849. The van der Waals surface area contributed by atoms with E-state index in [0.717, 1.165) is 23.4 Å². The summed E-state index contributed by atoms with van der Waals surface area (Å²) in [5.74, 6) is -1.07. The summed E-state index contributed by atoms with van der Waals surface area (Å²) in [6, 6.07) is 3.55. The van der Waals surface area contributed by atoms with Crippen LogP contribution in [-0.4, -0.2) is 5.33 Å². The number of rotatable bonds is 3. The van der Waals surface area contributed by atoms with Gasteiger partial charge in [-0.25, -0.2) is 8.78 Å². The van der Waals surface area contributed by atoms with Crippen molar-refractivity contribution in [1.82, 2.24) is 0 Å². The van der Waals surface area contributed by atoms with Crippen molar-refractivity contribution in [3.63, 3.8) is 0 Å². The summed E-state index contributed by atoms with van der Waals surface area (Å²) in [4.78, 5) is 0. The normalized spacial score (nSPS) is 11.9. The van der Waals surface area contributed by atoms with Crippen molar-refractivity contribution in [2.45, 2.75) is 13.3 Å². The maximum absolute atomic E-state index is 12.8. The maximum Gasteiger partial charge on any atom is 0.126 e. The van der Waals surface area contributed by atoms with Gasteiger partial charge in [-0.2, -0.15) is 0 Å². The molecule has 0 heterocycles. The minimum atomic E-state index is -0.536. The fraction of sp³-hybridized carbons (Fsp3) is 0.273. The van der Waals surface area contributed by atoms with Gasteiger partial charge in [0.2, 0.25) is 0 Å². The average Bonchev–Trinajstić information content (AvgIpc) is 2.12. The second-order valence-corrected chi connectivity index (χ2v) is 3.82. The molecule has 0 bridgehead atoms. The van der Waals surface area contributed by atoms with Gasteiger partial charge < -0.3 is 0 Å². The Morgan fingerprint density at radius 1 is 1.29 bits per heavy atom. The van der Waals surface area contributed by atoms with Gasteiger partial charge in [0.25, 0.3) is 0 Å². The molecule has 0 aliphatic heterocycles. The highest BCUT2D eigenvalue weighted by molar-refractivity contribution is 9.09. The molecule has 0 fully saturated rings. The zero-order valence-electron chi connectivity index (χ0n) is 7.86. The minimum absolute atomic E-state index is 0.536. The van der Waals surface area contributed by atoms with E-state index in [0.29, 0.717) is 5.56 Å². The van der Waals surface area contributed by atoms with Crippen LogP contribution in [0.15, 0.2) is 24.3 Å². The number of alkyl halides is 1. The van der Waals surface area contributed by atoms with Gasteiger partial charge in [-0.1, -0.05) is 22.0 Å². The van der Waals surface area contributed by atoms with Crippen LogP contribution in [0.2, 0.25) is 0 Å². The highest BCUT2D eigenvalue weighted by atomic mass is 79.9. The zero-order valence-corrected chi connectivity index (χ0v) is 9.44. The van der Waals surface area contributed by atoms with Gasteiger partial charge in [0.1, 0.15) is 11.6 Å². The van der Waals surface area contributed by atoms with Crippen molar-refractivity contribution in [3.05, 3.63) is 41.5 Å². The van der Waals surface area contributed by atoms with E-state index in [-0.39, 0.29) is 0 Å². The highest BCUT2D eigenvalue weighted by Gasteiger charge is 2.01. The fourth-order valence-corrected chi connectivity index (χ4v) is 1.40. The highest BCUT2D eigenvalue weighted by Crippen LogP contribution is 2.17. The molecule has 0 atom stereocenters. The maximum atomic E-state index is 12.8. The molecule has 0 saturated carbocycles. The van der Waals surface area contributed by atoms with Crippen molar-refractivity contribution in [1.29, 1.82) is 0 Å². The average molecular weight is 261 g/mol.